The zero-order valence-corrected chi connectivity index (χ0v) is 7.66. The van der Waals surface area contributed by atoms with E-state index < -0.39 is 6.09 Å². The first-order valence-corrected chi connectivity index (χ1v) is 4.00. The van der Waals surface area contributed by atoms with E-state index >= 15 is 0 Å². The van der Waals surface area contributed by atoms with Crippen molar-refractivity contribution in [3.8, 4) is 0 Å². The third kappa shape index (κ3) is 2.75. The molecule has 1 aromatic rings. The van der Waals surface area contributed by atoms with Crippen LogP contribution in [0, 0.1) is 3.57 Å². The Bertz CT molecular complexity index is 275. The van der Waals surface area contributed by atoms with Gasteiger partial charge in [0.25, 0.3) is 0 Å². The van der Waals surface area contributed by atoms with Crippen LogP contribution in [-0.2, 0) is 5.11 Å². The van der Waals surface area contributed by atoms with E-state index in [1.807, 2.05) is 6.07 Å². The number of carbonyl (C=O) groups excluding carboxylic acids is 1. The highest BCUT2D eigenvalue weighted by atomic mass is 127. The quantitative estimate of drug-likeness (QED) is 0.775. The van der Waals surface area contributed by atoms with Gasteiger partial charge in [-0.3, -0.25) is 5.32 Å². The van der Waals surface area contributed by atoms with Gasteiger partial charge in [0.2, 0.25) is 0 Å². The zero-order valence-electron chi connectivity index (χ0n) is 5.50. The van der Waals surface area contributed by atoms with Gasteiger partial charge in [-0.2, -0.15) is 0 Å². The largest absolute Gasteiger partial charge is 0.454 e. The molecular formula is C7H5INO2. The van der Waals surface area contributed by atoms with Crippen LogP contribution in [0.15, 0.2) is 24.3 Å². The highest BCUT2D eigenvalue weighted by molar-refractivity contribution is 14.1. The number of rotatable bonds is 1. The molecule has 0 atom stereocenters. The molecule has 0 aromatic heterocycles. The molecule has 0 aliphatic heterocycles. The van der Waals surface area contributed by atoms with Gasteiger partial charge in [0.15, 0.2) is 0 Å². The maximum Gasteiger partial charge on any atom is 0.454 e. The normalized spacial score (nSPS) is 9.18. The van der Waals surface area contributed by atoms with Crippen molar-refractivity contribution < 1.29 is 9.90 Å². The van der Waals surface area contributed by atoms with Crippen molar-refractivity contribution in [2.45, 2.75) is 0 Å². The van der Waals surface area contributed by atoms with E-state index in [0.717, 1.165) is 3.57 Å². The van der Waals surface area contributed by atoms with E-state index in [1.54, 1.807) is 18.2 Å². The van der Waals surface area contributed by atoms with Gasteiger partial charge in [0, 0.05) is 9.26 Å². The molecule has 0 unspecified atom stereocenters. The number of carbonyl (C=O) groups is 1. The predicted molar refractivity (Wildman–Crippen MR) is 48.9 cm³/mol. The summed E-state index contributed by atoms with van der Waals surface area (Å²) in [6, 6.07) is 7.03. The fraction of sp³-hybridized carbons (Fsp3) is 0. The summed E-state index contributed by atoms with van der Waals surface area (Å²) in [7, 11) is 0. The molecule has 0 saturated heterocycles. The van der Waals surface area contributed by atoms with Crippen LogP contribution in [0.1, 0.15) is 0 Å². The van der Waals surface area contributed by atoms with Gasteiger partial charge >= 0.3 is 6.09 Å². The van der Waals surface area contributed by atoms with Gasteiger partial charge in [-0.15, -0.1) is 0 Å². The highest BCUT2D eigenvalue weighted by Crippen LogP contribution is 2.11. The molecule has 1 amide bonds. The molecule has 0 spiro atoms. The Morgan fingerprint density at radius 1 is 1.45 bits per heavy atom. The van der Waals surface area contributed by atoms with Crippen molar-refractivity contribution in [1.29, 1.82) is 0 Å². The van der Waals surface area contributed by atoms with Crippen LogP contribution < -0.4 is 5.32 Å². The van der Waals surface area contributed by atoms with E-state index in [-0.39, 0.29) is 0 Å². The number of nitrogens with one attached hydrogen (secondary N) is 1. The molecule has 0 fully saturated rings. The lowest BCUT2D eigenvalue weighted by Gasteiger charge is -1.97. The second-order valence-corrected chi connectivity index (χ2v) is 3.17. The number of hydrogen-bond acceptors (Lipinski definition) is 1. The minimum absolute atomic E-state index is 0.539. The average molecular weight is 262 g/mol. The SMILES string of the molecule is [O]C(=O)Nc1cccc(I)c1. The summed E-state index contributed by atoms with van der Waals surface area (Å²) in [5.74, 6) is 0. The van der Waals surface area contributed by atoms with Crippen LogP contribution in [0.5, 0.6) is 0 Å². The molecule has 0 aliphatic carbocycles. The summed E-state index contributed by atoms with van der Waals surface area (Å²) >= 11 is 2.10. The molecule has 0 bridgehead atoms. The molecule has 0 aliphatic rings. The Kier molecular flexibility index (Phi) is 2.70. The lowest BCUT2D eigenvalue weighted by molar-refractivity contribution is 0.185. The van der Waals surface area contributed by atoms with Crippen molar-refractivity contribution in [3.63, 3.8) is 0 Å². The molecule has 57 valence electrons. The summed E-state index contributed by atoms with van der Waals surface area (Å²) in [6.45, 7) is 0. The number of hydrogen-bond donors (Lipinski definition) is 1. The molecule has 3 nitrogen and oxygen atoms in total. The number of benzene rings is 1. The fourth-order valence-electron chi connectivity index (χ4n) is 0.684. The Labute approximate surface area is 77.6 Å². The van der Waals surface area contributed by atoms with E-state index in [1.165, 1.54) is 0 Å². The molecule has 11 heavy (non-hydrogen) atoms. The van der Waals surface area contributed by atoms with Crippen LogP contribution in [0.4, 0.5) is 10.5 Å². The minimum Gasteiger partial charge on any atom is -0.288 e. The topological polar surface area (TPSA) is 49.0 Å². The maximum absolute atomic E-state index is 10.1. The fourth-order valence-corrected chi connectivity index (χ4v) is 1.23. The molecular weight excluding hydrogens is 257 g/mol. The van der Waals surface area contributed by atoms with E-state index in [0.29, 0.717) is 5.69 Å². The van der Waals surface area contributed by atoms with E-state index in [2.05, 4.69) is 27.9 Å². The minimum atomic E-state index is -1.29. The second kappa shape index (κ2) is 3.56. The third-order valence-corrected chi connectivity index (χ3v) is 1.74. The highest BCUT2D eigenvalue weighted by Gasteiger charge is 1.98. The van der Waals surface area contributed by atoms with Crippen molar-refractivity contribution >= 4 is 34.4 Å². The number of anilines is 1. The first-order valence-electron chi connectivity index (χ1n) is 2.92. The standard InChI is InChI=1S/C7H5INO2/c8-5-2-1-3-6(4-5)9-7(10)11/h1-4,9H. The van der Waals surface area contributed by atoms with Gasteiger partial charge in [-0.05, 0) is 40.8 Å². The summed E-state index contributed by atoms with van der Waals surface area (Å²) in [6.07, 6.45) is -1.29. The number of halogens is 1. The Balaban J connectivity index is 2.79. The first kappa shape index (κ1) is 8.32. The second-order valence-electron chi connectivity index (χ2n) is 1.92. The van der Waals surface area contributed by atoms with Gasteiger partial charge in [0.05, 0.1) is 0 Å². The van der Waals surface area contributed by atoms with Crippen molar-refractivity contribution in [1.82, 2.24) is 0 Å². The summed E-state index contributed by atoms with van der Waals surface area (Å²) in [5, 5.41) is 12.2. The lowest BCUT2D eigenvalue weighted by atomic mass is 10.3. The van der Waals surface area contributed by atoms with Crippen LogP contribution in [0.25, 0.3) is 0 Å². The first-order chi connectivity index (χ1) is 5.18. The average Bonchev–Trinajstić information content (AvgIpc) is 1.85. The Morgan fingerprint density at radius 2 is 2.18 bits per heavy atom. The summed E-state index contributed by atoms with van der Waals surface area (Å²) in [5.41, 5.74) is 0.539. The van der Waals surface area contributed by atoms with Gasteiger partial charge in [-0.1, -0.05) is 6.07 Å². The molecule has 1 N–H and O–H groups in total. The van der Waals surface area contributed by atoms with Crippen LogP contribution in [-0.4, -0.2) is 6.09 Å². The predicted octanol–water partition coefficient (Wildman–Crippen LogP) is 2.25. The van der Waals surface area contributed by atoms with Crippen molar-refractivity contribution in [3.05, 3.63) is 27.8 Å². The smallest absolute Gasteiger partial charge is 0.288 e. The van der Waals surface area contributed by atoms with E-state index in [4.69, 9.17) is 0 Å². The van der Waals surface area contributed by atoms with Crippen LogP contribution in [0.3, 0.4) is 0 Å². The summed E-state index contributed by atoms with van der Waals surface area (Å²) < 4.78 is 0.980. The molecule has 1 radical (unpaired) electrons. The third-order valence-electron chi connectivity index (χ3n) is 1.07. The van der Waals surface area contributed by atoms with Gasteiger partial charge in [0.1, 0.15) is 0 Å². The molecule has 1 rings (SSSR count). The molecule has 4 heteroatoms. The Morgan fingerprint density at radius 3 is 2.73 bits per heavy atom. The summed E-state index contributed by atoms with van der Waals surface area (Å²) in [4.78, 5) is 10.1. The molecule has 0 saturated carbocycles. The molecule has 1 aromatic carbocycles. The maximum atomic E-state index is 10.1. The van der Waals surface area contributed by atoms with Crippen molar-refractivity contribution in [2.75, 3.05) is 5.32 Å². The van der Waals surface area contributed by atoms with Crippen molar-refractivity contribution in [2.24, 2.45) is 0 Å². The molecule has 0 heterocycles. The number of amides is 1. The zero-order chi connectivity index (χ0) is 8.27. The Hall–Kier alpha value is -0.780. The van der Waals surface area contributed by atoms with Gasteiger partial charge in [-0.25, -0.2) is 9.90 Å². The lowest BCUT2D eigenvalue weighted by Crippen LogP contribution is -2.05. The van der Waals surface area contributed by atoms with Gasteiger partial charge < -0.3 is 0 Å². The van der Waals surface area contributed by atoms with Crippen LogP contribution >= 0.6 is 22.6 Å². The van der Waals surface area contributed by atoms with Crippen LogP contribution in [0.2, 0.25) is 0 Å². The monoisotopic (exact) mass is 262 g/mol. The van der Waals surface area contributed by atoms with E-state index in [9.17, 15) is 9.90 Å².